The summed E-state index contributed by atoms with van der Waals surface area (Å²) >= 11 is 0. The van der Waals surface area contributed by atoms with Gasteiger partial charge in [0.25, 0.3) is 0 Å². The van der Waals surface area contributed by atoms with Gasteiger partial charge in [0.15, 0.2) is 0 Å². The van der Waals surface area contributed by atoms with Gasteiger partial charge < -0.3 is 25.3 Å². The first kappa shape index (κ1) is 25.4. The molecule has 0 aliphatic carbocycles. The monoisotopic (exact) mass is 486 g/mol. The fourth-order valence-electron chi connectivity index (χ4n) is 4.85. The molecule has 2 aromatic heterocycles. The van der Waals surface area contributed by atoms with Crippen LogP contribution in [0.2, 0.25) is 0 Å². The van der Waals surface area contributed by atoms with E-state index >= 15 is 0 Å². The van der Waals surface area contributed by atoms with Crippen LogP contribution in [-0.2, 0) is 7.05 Å². The topological polar surface area (TPSA) is 81.2 Å². The zero-order chi connectivity index (χ0) is 25.7. The van der Waals surface area contributed by atoms with E-state index in [4.69, 9.17) is 15.5 Å². The SMILES string of the molecule is CCCC(C)CCCN(C)c1cc(OC)c(Nc2nccc(-c3cn(C)c4ccccc34)n2)cc1N. The Morgan fingerprint density at radius 3 is 2.75 bits per heavy atom. The molecule has 4 aromatic rings. The molecule has 4 rings (SSSR count). The molecule has 0 bridgehead atoms. The van der Waals surface area contributed by atoms with Crippen molar-refractivity contribution >= 4 is 33.9 Å². The van der Waals surface area contributed by atoms with Crippen molar-refractivity contribution < 1.29 is 4.74 Å². The molecule has 0 saturated carbocycles. The van der Waals surface area contributed by atoms with Crippen molar-refractivity contribution in [2.45, 2.75) is 39.5 Å². The molecule has 0 saturated heterocycles. The zero-order valence-corrected chi connectivity index (χ0v) is 22.1. The molecule has 0 radical (unpaired) electrons. The molecule has 7 nitrogen and oxygen atoms in total. The number of nitrogen functional groups attached to an aromatic ring is 1. The highest BCUT2D eigenvalue weighted by Gasteiger charge is 2.15. The molecule has 3 N–H and O–H groups in total. The fourth-order valence-corrected chi connectivity index (χ4v) is 4.85. The number of aryl methyl sites for hydroxylation is 1. The maximum absolute atomic E-state index is 6.48. The van der Waals surface area contributed by atoms with E-state index in [1.165, 1.54) is 19.3 Å². The number of methoxy groups -OCH3 is 1. The van der Waals surface area contributed by atoms with E-state index < -0.39 is 0 Å². The third kappa shape index (κ3) is 5.56. The highest BCUT2D eigenvalue weighted by molar-refractivity contribution is 5.95. The van der Waals surface area contributed by atoms with Crippen LogP contribution < -0.4 is 20.7 Å². The molecule has 0 aliphatic rings. The fraction of sp³-hybridized carbons (Fsp3) is 0.379. The molecule has 0 spiro atoms. The van der Waals surface area contributed by atoms with Gasteiger partial charge in [0.05, 0.1) is 29.9 Å². The van der Waals surface area contributed by atoms with E-state index in [1.807, 2.05) is 37.4 Å². The van der Waals surface area contributed by atoms with Crippen LogP contribution in [0.15, 0.2) is 54.9 Å². The van der Waals surface area contributed by atoms with Crippen LogP contribution >= 0.6 is 0 Å². The first-order chi connectivity index (χ1) is 17.4. The van der Waals surface area contributed by atoms with Gasteiger partial charge in [-0.1, -0.05) is 44.9 Å². The predicted octanol–water partition coefficient (Wildman–Crippen LogP) is 6.62. The number of ether oxygens (including phenoxy) is 1. The van der Waals surface area contributed by atoms with Crippen molar-refractivity contribution in [2.75, 3.05) is 36.7 Å². The lowest BCUT2D eigenvalue weighted by atomic mass is 10.0. The van der Waals surface area contributed by atoms with Crippen LogP contribution in [0.3, 0.4) is 0 Å². The number of aromatic nitrogens is 3. The minimum atomic E-state index is 0.490. The second-order valence-electron chi connectivity index (χ2n) is 9.63. The maximum Gasteiger partial charge on any atom is 0.227 e. The third-order valence-electron chi connectivity index (χ3n) is 6.81. The van der Waals surface area contributed by atoms with Crippen molar-refractivity contribution in [2.24, 2.45) is 13.0 Å². The van der Waals surface area contributed by atoms with E-state index in [9.17, 15) is 0 Å². The lowest BCUT2D eigenvalue weighted by Gasteiger charge is -2.24. The minimum absolute atomic E-state index is 0.490. The van der Waals surface area contributed by atoms with E-state index in [1.54, 1.807) is 13.3 Å². The van der Waals surface area contributed by atoms with Gasteiger partial charge in [0.2, 0.25) is 5.95 Å². The quantitative estimate of drug-likeness (QED) is 0.232. The predicted molar refractivity (Wildman–Crippen MR) is 151 cm³/mol. The van der Waals surface area contributed by atoms with Gasteiger partial charge >= 0.3 is 0 Å². The molecule has 190 valence electrons. The second-order valence-corrected chi connectivity index (χ2v) is 9.63. The lowest BCUT2D eigenvalue weighted by Crippen LogP contribution is -2.20. The van der Waals surface area contributed by atoms with Gasteiger partial charge in [-0.05, 0) is 37.0 Å². The Balaban J connectivity index is 1.54. The van der Waals surface area contributed by atoms with Gasteiger partial charge in [-0.3, -0.25) is 0 Å². The molecule has 1 unspecified atom stereocenters. The number of fused-ring (bicyclic) bond motifs is 1. The Hall–Kier alpha value is -3.74. The van der Waals surface area contributed by atoms with E-state index in [-0.39, 0.29) is 0 Å². The Morgan fingerprint density at radius 1 is 1.17 bits per heavy atom. The molecule has 7 heteroatoms. The highest BCUT2D eigenvalue weighted by atomic mass is 16.5. The van der Waals surface area contributed by atoms with Crippen molar-refractivity contribution in [3.63, 3.8) is 0 Å². The number of benzene rings is 2. The molecular weight excluding hydrogens is 448 g/mol. The summed E-state index contributed by atoms with van der Waals surface area (Å²) < 4.78 is 7.82. The van der Waals surface area contributed by atoms with E-state index in [2.05, 4.69) is 59.0 Å². The number of hydrogen-bond acceptors (Lipinski definition) is 6. The summed E-state index contributed by atoms with van der Waals surface area (Å²) in [5.74, 6) is 1.94. The Morgan fingerprint density at radius 2 is 1.97 bits per heavy atom. The molecule has 36 heavy (non-hydrogen) atoms. The van der Waals surface area contributed by atoms with E-state index in [0.29, 0.717) is 17.4 Å². The van der Waals surface area contributed by atoms with Gasteiger partial charge in [0, 0.05) is 55.6 Å². The molecule has 1 atom stereocenters. The van der Waals surface area contributed by atoms with Crippen molar-refractivity contribution in [1.29, 1.82) is 0 Å². The number of anilines is 4. The summed E-state index contributed by atoms with van der Waals surface area (Å²) in [6, 6.07) is 14.1. The van der Waals surface area contributed by atoms with Crippen LogP contribution in [0.1, 0.15) is 39.5 Å². The molecule has 0 amide bonds. The minimum Gasteiger partial charge on any atom is -0.494 e. The largest absolute Gasteiger partial charge is 0.494 e. The van der Waals surface area contributed by atoms with Crippen LogP contribution in [0, 0.1) is 5.92 Å². The van der Waals surface area contributed by atoms with Gasteiger partial charge in [0.1, 0.15) is 5.75 Å². The number of nitrogens with two attached hydrogens (primary N) is 1. The number of rotatable bonds is 11. The molecular formula is C29H38N6O. The summed E-state index contributed by atoms with van der Waals surface area (Å²) in [4.78, 5) is 11.4. The molecule has 2 aromatic carbocycles. The van der Waals surface area contributed by atoms with Crippen LogP contribution in [0.4, 0.5) is 23.0 Å². The van der Waals surface area contributed by atoms with Gasteiger partial charge in [-0.15, -0.1) is 0 Å². The average molecular weight is 487 g/mol. The number of hydrogen-bond donors (Lipinski definition) is 2. The van der Waals surface area contributed by atoms with Crippen molar-refractivity contribution in [3.05, 3.63) is 54.9 Å². The van der Waals surface area contributed by atoms with E-state index in [0.717, 1.165) is 52.4 Å². The van der Waals surface area contributed by atoms with Crippen molar-refractivity contribution in [3.8, 4) is 17.0 Å². The first-order valence-electron chi connectivity index (χ1n) is 12.7. The summed E-state index contributed by atoms with van der Waals surface area (Å²) in [5, 5.41) is 4.47. The first-order valence-corrected chi connectivity index (χ1v) is 12.7. The van der Waals surface area contributed by atoms with Crippen LogP contribution in [0.25, 0.3) is 22.2 Å². The lowest BCUT2D eigenvalue weighted by molar-refractivity contribution is 0.417. The summed E-state index contributed by atoms with van der Waals surface area (Å²) in [5.41, 5.74) is 11.9. The van der Waals surface area contributed by atoms with Crippen molar-refractivity contribution in [1.82, 2.24) is 14.5 Å². The molecule has 0 fully saturated rings. The second kappa shape index (κ2) is 11.3. The Bertz CT molecular complexity index is 1310. The number of nitrogens with one attached hydrogen (secondary N) is 1. The normalized spacial score (nSPS) is 12.0. The van der Waals surface area contributed by atoms with Gasteiger partial charge in [-0.25, -0.2) is 9.97 Å². The zero-order valence-electron chi connectivity index (χ0n) is 22.1. The third-order valence-corrected chi connectivity index (χ3v) is 6.81. The Labute approximate surface area is 214 Å². The number of nitrogens with zero attached hydrogens (tertiary/aromatic N) is 4. The number of para-hydroxylation sites is 1. The van der Waals surface area contributed by atoms with Gasteiger partial charge in [-0.2, -0.15) is 0 Å². The maximum atomic E-state index is 6.48. The Kier molecular flexibility index (Phi) is 7.98. The smallest absolute Gasteiger partial charge is 0.227 e. The summed E-state index contributed by atoms with van der Waals surface area (Å²) in [6.45, 7) is 5.53. The van der Waals surface area contributed by atoms with Crippen LogP contribution in [-0.4, -0.2) is 35.2 Å². The standard InChI is InChI=1S/C29H38N6O/c1-6-10-20(2)11-9-16-34(3)27-18-28(36-5)25(17-23(27)30)33-29-31-15-14-24(32-29)22-19-35(4)26-13-8-7-12-21(22)26/h7-8,12-15,17-20H,6,9-11,16,30H2,1-5H3,(H,31,32,33). The average Bonchev–Trinajstić information content (AvgIpc) is 3.21. The summed E-state index contributed by atoms with van der Waals surface area (Å²) in [7, 11) is 5.80. The summed E-state index contributed by atoms with van der Waals surface area (Å²) in [6.07, 6.45) is 8.74. The highest BCUT2D eigenvalue weighted by Crippen LogP contribution is 2.37. The molecule has 2 heterocycles. The molecule has 0 aliphatic heterocycles. The van der Waals surface area contributed by atoms with Crippen LogP contribution in [0.5, 0.6) is 5.75 Å².